The molecule has 182 valence electrons. The largest absolute Gasteiger partial charge is 0.507 e. The lowest BCUT2D eigenvalue weighted by molar-refractivity contribution is 0.117. The first-order chi connectivity index (χ1) is 17.0. The Kier molecular flexibility index (Phi) is 6.67. The van der Waals surface area contributed by atoms with Crippen molar-refractivity contribution in [2.75, 3.05) is 19.0 Å². The monoisotopic (exact) mass is 490 g/mol. The first kappa shape index (κ1) is 23.6. The van der Waals surface area contributed by atoms with Gasteiger partial charge in [-0.05, 0) is 59.6 Å². The highest BCUT2D eigenvalue weighted by atomic mass is 32.2. The third kappa shape index (κ3) is 4.86. The quantitative estimate of drug-likeness (QED) is 0.411. The average molecular weight is 491 g/mol. The van der Waals surface area contributed by atoms with Crippen molar-refractivity contribution < 1.29 is 23.0 Å². The second-order valence-electron chi connectivity index (χ2n) is 9.19. The molecule has 0 spiro atoms. The van der Waals surface area contributed by atoms with E-state index in [-0.39, 0.29) is 30.8 Å². The lowest BCUT2D eigenvalue weighted by Crippen LogP contribution is -2.19. The highest BCUT2D eigenvalue weighted by Crippen LogP contribution is 2.39. The first-order valence-corrected chi connectivity index (χ1v) is 13.8. The summed E-state index contributed by atoms with van der Waals surface area (Å²) in [6.45, 7) is 2.63. The van der Waals surface area contributed by atoms with E-state index in [4.69, 9.17) is 9.47 Å². The lowest BCUT2D eigenvalue weighted by atomic mass is 9.95. The fourth-order valence-corrected chi connectivity index (χ4v) is 7.07. The fraction of sp³-hybridized carbons (Fsp3) is 0.310. The van der Waals surface area contributed by atoms with E-state index >= 15 is 0 Å². The van der Waals surface area contributed by atoms with E-state index in [0.29, 0.717) is 0 Å². The normalized spacial score (nSPS) is 21.5. The third-order valence-electron chi connectivity index (χ3n) is 6.99. The fourth-order valence-electron chi connectivity index (χ4n) is 5.14. The van der Waals surface area contributed by atoms with Crippen LogP contribution in [0.15, 0.2) is 83.4 Å². The Balaban J connectivity index is 1.35. The lowest BCUT2D eigenvalue weighted by Gasteiger charge is -2.16. The van der Waals surface area contributed by atoms with Crippen LogP contribution in [0.5, 0.6) is 11.5 Å². The highest BCUT2D eigenvalue weighted by Gasteiger charge is 2.46. The summed E-state index contributed by atoms with van der Waals surface area (Å²) in [6, 6.07) is 21.0. The molecule has 6 heteroatoms. The van der Waals surface area contributed by atoms with E-state index in [2.05, 4.69) is 13.0 Å². The van der Waals surface area contributed by atoms with Gasteiger partial charge in [0.1, 0.15) is 23.4 Å². The maximum atomic E-state index is 12.8. The van der Waals surface area contributed by atoms with Gasteiger partial charge in [0.2, 0.25) is 0 Å². The molecule has 0 amide bonds. The third-order valence-corrected chi connectivity index (χ3v) is 9.00. The zero-order valence-electron chi connectivity index (χ0n) is 19.8. The van der Waals surface area contributed by atoms with Crippen molar-refractivity contribution in [2.45, 2.75) is 37.5 Å². The molecule has 0 saturated carbocycles. The topological polar surface area (TPSA) is 72.8 Å². The summed E-state index contributed by atoms with van der Waals surface area (Å²) < 4.78 is 37.5. The molecular formula is C29H30O5S. The van der Waals surface area contributed by atoms with Gasteiger partial charge in [-0.25, -0.2) is 8.42 Å². The standard InChI is InChI=1S/C29H30O5S/c1-2-20(16-21-13-14-26(30)25-11-7-6-10-24(21)25)12-15-27-29-22(17-33-23-8-4-3-5-9-23)19-35(31,32)28(29)18-34-27/h3-11,13-14,16,27-28,30H,2,12,15,17-19H2,1H3/b20-16+/t27-,28+/m1/s1. The molecule has 0 aromatic heterocycles. The highest BCUT2D eigenvalue weighted by molar-refractivity contribution is 7.92. The Hall–Kier alpha value is -3.09. The van der Waals surface area contributed by atoms with Gasteiger partial charge in [0, 0.05) is 5.39 Å². The summed E-state index contributed by atoms with van der Waals surface area (Å²) in [7, 11) is -3.25. The van der Waals surface area contributed by atoms with Crippen LogP contribution in [0.3, 0.4) is 0 Å². The van der Waals surface area contributed by atoms with Gasteiger partial charge in [0.05, 0.1) is 18.5 Å². The minimum Gasteiger partial charge on any atom is -0.507 e. The SMILES string of the molecule is CC/C(=C\c1ccc(O)c2ccccc12)CC[C@H]1OC[C@H]2C1=C(COc1ccccc1)CS2(=O)=O. The Bertz CT molecular complexity index is 1390. The molecule has 1 saturated heterocycles. The van der Waals surface area contributed by atoms with Crippen LogP contribution in [0, 0.1) is 0 Å². The molecule has 1 N–H and O–H groups in total. The molecular weight excluding hydrogens is 460 g/mol. The van der Waals surface area contributed by atoms with Crippen molar-refractivity contribution in [3.63, 3.8) is 0 Å². The molecule has 3 aromatic rings. The summed E-state index contributed by atoms with van der Waals surface area (Å²) in [5, 5.41) is 11.5. The summed E-state index contributed by atoms with van der Waals surface area (Å²) in [6.07, 6.45) is 4.39. The number of aromatic hydroxyl groups is 1. The molecule has 5 rings (SSSR count). The minimum atomic E-state index is -3.25. The molecule has 0 aliphatic carbocycles. The van der Waals surface area contributed by atoms with Crippen LogP contribution in [-0.2, 0) is 14.6 Å². The summed E-state index contributed by atoms with van der Waals surface area (Å²) in [4.78, 5) is 0. The number of hydrogen-bond acceptors (Lipinski definition) is 5. The van der Waals surface area contributed by atoms with Gasteiger partial charge in [0.25, 0.3) is 0 Å². The molecule has 2 aliphatic heterocycles. The van der Waals surface area contributed by atoms with Gasteiger partial charge in [-0.2, -0.15) is 0 Å². The van der Waals surface area contributed by atoms with Crippen LogP contribution in [0.1, 0.15) is 31.7 Å². The number of hydrogen-bond donors (Lipinski definition) is 1. The van der Waals surface area contributed by atoms with Crippen molar-refractivity contribution in [3.8, 4) is 11.5 Å². The number of phenols is 1. The van der Waals surface area contributed by atoms with Crippen LogP contribution in [0.2, 0.25) is 0 Å². The number of ether oxygens (including phenoxy) is 2. The smallest absolute Gasteiger partial charge is 0.163 e. The van der Waals surface area contributed by atoms with Crippen molar-refractivity contribution >= 4 is 26.7 Å². The van der Waals surface area contributed by atoms with Gasteiger partial charge in [-0.3, -0.25) is 0 Å². The number of sulfone groups is 1. The van der Waals surface area contributed by atoms with Gasteiger partial charge < -0.3 is 14.6 Å². The van der Waals surface area contributed by atoms with E-state index in [1.807, 2.05) is 60.7 Å². The van der Waals surface area contributed by atoms with Crippen LogP contribution in [0.4, 0.5) is 0 Å². The molecule has 0 unspecified atom stereocenters. The Morgan fingerprint density at radius 3 is 2.57 bits per heavy atom. The molecule has 2 heterocycles. The average Bonchev–Trinajstić information content (AvgIpc) is 3.41. The molecule has 5 nitrogen and oxygen atoms in total. The molecule has 2 aliphatic rings. The second kappa shape index (κ2) is 9.88. The first-order valence-electron chi connectivity index (χ1n) is 12.1. The maximum Gasteiger partial charge on any atom is 0.163 e. The number of fused-ring (bicyclic) bond motifs is 2. The van der Waals surface area contributed by atoms with Gasteiger partial charge in [-0.1, -0.05) is 67.1 Å². The number of benzene rings is 3. The van der Waals surface area contributed by atoms with Gasteiger partial charge in [0.15, 0.2) is 9.84 Å². The predicted octanol–water partition coefficient (Wildman–Crippen LogP) is 5.69. The Morgan fingerprint density at radius 2 is 1.80 bits per heavy atom. The van der Waals surface area contributed by atoms with Gasteiger partial charge >= 0.3 is 0 Å². The minimum absolute atomic E-state index is 0.0513. The van der Waals surface area contributed by atoms with Crippen molar-refractivity contribution in [2.24, 2.45) is 0 Å². The van der Waals surface area contributed by atoms with Crippen LogP contribution in [-0.4, -0.2) is 43.8 Å². The predicted molar refractivity (Wildman–Crippen MR) is 139 cm³/mol. The molecule has 3 aromatic carbocycles. The summed E-state index contributed by atoms with van der Waals surface area (Å²) >= 11 is 0. The number of allylic oxidation sites excluding steroid dienone is 1. The molecule has 1 fully saturated rings. The second-order valence-corrected chi connectivity index (χ2v) is 11.4. The summed E-state index contributed by atoms with van der Waals surface area (Å²) in [5.41, 5.74) is 4.08. The van der Waals surface area contributed by atoms with Crippen LogP contribution >= 0.6 is 0 Å². The van der Waals surface area contributed by atoms with Crippen LogP contribution in [0.25, 0.3) is 16.8 Å². The Morgan fingerprint density at radius 1 is 1.06 bits per heavy atom. The molecule has 35 heavy (non-hydrogen) atoms. The Labute approximate surface area is 206 Å². The van der Waals surface area contributed by atoms with E-state index in [1.165, 1.54) is 5.57 Å². The van der Waals surface area contributed by atoms with E-state index in [9.17, 15) is 13.5 Å². The number of rotatable bonds is 8. The van der Waals surface area contributed by atoms with E-state index in [1.54, 1.807) is 6.07 Å². The summed E-state index contributed by atoms with van der Waals surface area (Å²) in [5.74, 6) is 1.06. The molecule has 0 bridgehead atoms. The van der Waals surface area contributed by atoms with Crippen molar-refractivity contribution in [1.29, 1.82) is 0 Å². The maximum absolute atomic E-state index is 12.8. The van der Waals surface area contributed by atoms with Gasteiger partial charge in [-0.15, -0.1) is 0 Å². The zero-order valence-corrected chi connectivity index (χ0v) is 20.6. The van der Waals surface area contributed by atoms with Crippen molar-refractivity contribution in [3.05, 3.63) is 89.0 Å². The van der Waals surface area contributed by atoms with Crippen LogP contribution < -0.4 is 4.74 Å². The van der Waals surface area contributed by atoms with E-state index < -0.39 is 15.1 Å². The molecule has 2 atom stereocenters. The zero-order chi connectivity index (χ0) is 24.4. The number of phenolic OH excluding ortho intramolecular Hbond substituents is 1. The van der Waals surface area contributed by atoms with Crippen molar-refractivity contribution in [1.82, 2.24) is 0 Å². The van der Waals surface area contributed by atoms with E-state index in [0.717, 1.165) is 52.5 Å². The number of para-hydroxylation sites is 1. The molecule has 0 radical (unpaired) electrons.